The van der Waals surface area contributed by atoms with Crippen molar-refractivity contribution in [1.82, 2.24) is 4.31 Å². The second-order valence-electron chi connectivity index (χ2n) is 3.06. The van der Waals surface area contributed by atoms with Crippen LogP contribution >= 0.6 is 0 Å². The second-order valence-corrected chi connectivity index (χ2v) is 4.81. The van der Waals surface area contributed by atoms with E-state index in [0.717, 1.165) is 0 Å². The average Bonchev–Trinajstić information content (AvgIpc) is 2.49. The normalized spacial score (nSPS) is 20.7. The van der Waals surface area contributed by atoms with Crippen molar-refractivity contribution in [2.45, 2.75) is 4.90 Å². The third-order valence-corrected chi connectivity index (χ3v) is 4.07. The quantitative estimate of drug-likeness (QED) is 0.563. The lowest BCUT2D eigenvalue weighted by molar-refractivity contribution is 0.0772. The van der Waals surface area contributed by atoms with E-state index in [9.17, 15) is 18.0 Å². The fourth-order valence-electron chi connectivity index (χ4n) is 1.76. The van der Waals surface area contributed by atoms with E-state index in [2.05, 4.69) is 0 Å². The minimum atomic E-state index is -3.87. The molecule has 0 fully saturated rings. The monoisotopic (exact) mass is 209 g/mol. The molecule has 0 aromatic heterocycles. The first kappa shape index (κ1) is 7.69. The smallest absolute Gasteiger partial charge is 0.267 e. The number of hydrogen-bond donors (Lipinski definition) is 0. The fraction of sp³-hybridized carbons (Fsp3) is 0. The van der Waals surface area contributed by atoms with Gasteiger partial charge in [0.15, 0.2) is 0 Å². The van der Waals surface area contributed by atoms with E-state index in [-0.39, 0.29) is 16.0 Å². The van der Waals surface area contributed by atoms with Gasteiger partial charge in [-0.15, -0.1) is 0 Å². The van der Waals surface area contributed by atoms with Crippen molar-refractivity contribution >= 4 is 21.8 Å². The topological polar surface area (TPSA) is 71.5 Å². The van der Waals surface area contributed by atoms with Crippen LogP contribution in [-0.2, 0) is 10.0 Å². The van der Waals surface area contributed by atoms with Crippen LogP contribution in [0.5, 0.6) is 0 Å². The molecule has 2 amide bonds. The van der Waals surface area contributed by atoms with Gasteiger partial charge in [0.1, 0.15) is 4.90 Å². The summed E-state index contributed by atoms with van der Waals surface area (Å²) in [6, 6.07) is 4.24. The number of carbonyl (C=O) groups excluding carboxylic acids is 2. The zero-order chi connectivity index (χ0) is 10.1. The van der Waals surface area contributed by atoms with E-state index in [0.29, 0.717) is 4.31 Å². The summed E-state index contributed by atoms with van der Waals surface area (Å²) in [6.07, 6.45) is 0. The highest BCUT2D eigenvalue weighted by Gasteiger charge is 2.53. The van der Waals surface area contributed by atoms with Crippen LogP contribution in [-0.4, -0.2) is 24.5 Å². The Labute approximate surface area is 79.0 Å². The van der Waals surface area contributed by atoms with Gasteiger partial charge in [-0.3, -0.25) is 9.59 Å². The Hall–Kier alpha value is -1.69. The summed E-state index contributed by atoms with van der Waals surface area (Å²) in [5.41, 5.74) is 0.208. The van der Waals surface area contributed by atoms with Crippen LogP contribution in [0.2, 0.25) is 0 Å². The van der Waals surface area contributed by atoms with E-state index in [4.69, 9.17) is 0 Å². The predicted octanol–water partition coefficient (Wildman–Crippen LogP) is -0.0151. The minimum Gasteiger partial charge on any atom is -0.267 e. The first-order valence-electron chi connectivity index (χ1n) is 3.82. The van der Waals surface area contributed by atoms with Crippen molar-refractivity contribution in [3.05, 3.63) is 29.3 Å². The Kier molecular flexibility index (Phi) is 1.03. The number of carbonyl (C=O) groups is 2. The van der Waals surface area contributed by atoms with Crippen LogP contribution in [0.25, 0.3) is 0 Å². The second kappa shape index (κ2) is 1.88. The Bertz CT molecular complexity index is 594. The van der Waals surface area contributed by atoms with Crippen molar-refractivity contribution in [3.63, 3.8) is 0 Å². The van der Waals surface area contributed by atoms with Gasteiger partial charge in [-0.25, -0.2) is 8.42 Å². The molecule has 0 spiro atoms. The molecule has 2 bridgehead atoms. The van der Waals surface area contributed by atoms with Gasteiger partial charge in [-0.2, -0.15) is 4.31 Å². The number of rotatable bonds is 0. The summed E-state index contributed by atoms with van der Waals surface area (Å²) in [7, 11) is -3.87. The maximum Gasteiger partial charge on any atom is 0.277 e. The van der Waals surface area contributed by atoms with Gasteiger partial charge in [0.2, 0.25) is 0 Å². The third-order valence-electron chi connectivity index (χ3n) is 2.36. The average molecular weight is 209 g/mol. The van der Waals surface area contributed by atoms with Crippen molar-refractivity contribution in [1.29, 1.82) is 0 Å². The van der Waals surface area contributed by atoms with Crippen LogP contribution in [0.3, 0.4) is 0 Å². The zero-order valence-corrected chi connectivity index (χ0v) is 7.54. The molecule has 70 valence electrons. The molecule has 3 rings (SSSR count). The molecule has 5 nitrogen and oxygen atoms in total. The highest BCUT2D eigenvalue weighted by atomic mass is 32.2. The molecule has 14 heavy (non-hydrogen) atoms. The van der Waals surface area contributed by atoms with Crippen LogP contribution in [0, 0.1) is 0 Å². The highest BCUT2D eigenvalue weighted by molar-refractivity contribution is 7.91. The third kappa shape index (κ3) is 0.550. The van der Waals surface area contributed by atoms with Crippen molar-refractivity contribution in [2.75, 3.05) is 0 Å². The van der Waals surface area contributed by atoms with Crippen LogP contribution in [0.1, 0.15) is 20.7 Å². The Morgan fingerprint density at radius 2 is 1.79 bits per heavy atom. The van der Waals surface area contributed by atoms with Gasteiger partial charge in [-0.1, -0.05) is 6.07 Å². The lowest BCUT2D eigenvalue weighted by Crippen LogP contribution is -2.32. The molecule has 2 aliphatic heterocycles. The molecule has 0 N–H and O–H groups in total. The number of imide groups is 1. The zero-order valence-electron chi connectivity index (χ0n) is 6.72. The SMILES string of the molecule is O=C1c2cccc3c2C(=O)N1S3(=O)=O. The largest absolute Gasteiger partial charge is 0.277 e. The molecular weight excluding hydrogens is 206 g/mol. The molecular formula is C8H3NO4S. The number of hydrogen-bond acceptors (Lipinski definition) is 4. The summed E-state index contributed by atoms with van der Waals surface area (Å²) in [6.45, 7) is 0. The minimum absolute atomic E-state index is 0.0255. The Balaban J connectivity index is 2.62. The van der Waals surface area contributed by atoms with Crippen LogP contribution in [0.4, 0.5) is 0 Å². The first-order chi connectivity index (χ1) is 6.55. The Morgan fingerprint density at radius 1 is 1.07 bits per heavy atom. The van der Waals surface area contributed by atoms with Crippen molar-refractivity contribution in [2.24, 2.45) is 0 Å². The van der Waals surface area contributed by atoms with E-state index >= 15 is 0 Å². The molecule has 0 atom stereocenters. The summed E-state index contributed by atoms with van der Waals surface area (Å²) in [4.78, 5) is 22.7. The summed E-state index contributed by atoms with van der Waals surface area (Å²) in [5, 5.41) is 0. The van der Waals surface area contributed by atoms with Gasteiger partial charge >= 0.3 is 0 Å². The predicted molar refractivity (Wildman–Crippen MR) is 44.1 cm³/mol. The number of fused-ring (bicyclic) bond motifs is 1. The van der Waals surface area contributed by atoms with Gasteiger partial charge in [-0.05, 0) is 12.1 Å². The van der Waals surface area contributed by atoms with E-state index < -0.39 is 21.8 Å². The fourth-order valence-corrected chi connectivity index (χ4v) is 3.29. The van der Waals surface area contributed by atoms with Crippen molar-refractivity contribution < 1.29 is 18.0 Å². The van der Waals surface area contributed by atoms with Gasteiger partial charge < -0.3 is 0 Å². The number of amides is 2. The van der Waals surface area contributed by atoms with E-state index in [1.165, 1.54) is 18.2 Å². The lowest BCUT2D eigenvalue weighted by atomic mass is 10.1. The molecule has 0 saturated carbocycles. The summed E-state index contributed by atoms with van der Waals surface area (Å²) < 4.78 is 23.4. The van der Waals surface area contributed by atoms with Crippen LogP contribution in [0.15, 0.2) is 23.1 Å². The first-order valence-corrected chi connectivity index (χ1v) is 5.26. The maximum absolute atomic E-state index is 11.5. The van der Waals surface area contributed by atoms with Crippen molar-refractivity contribution in [3.8, 4) is 0 Å². The number of benzene rings is 1. The molecule has 1 aromatic rings. The standard InChI is InChI=1S/C8H3NO4S/c10-7-4-2-1-3-5-6(4)8(11)9(7)14(5,12)13/h1-3H. The number of sulfonamides is 1. The molecule has 0 saturated heterocycles. The van der Waals surface area contributed by atoms with Gasteiger partial charge in [0.05, 0.1) is 11.1 Å². The van der Waals surface area contributed by atoms with Gasteiger partial charge in [0.25, 0.3) is 21.8 Å². The van der Waals surface area contributed by atoms with E-state index in [1.54, 1.807) is 0 Å². The lowest BCUT2D eigenvalue weighted by Gasteiger charge is -2.12. The maximum atomic E-state index is 11.5. The highest BCUT2D eigenvalue weighted by Crippen LogP contribution is 2.39. The molecule has 2 heterocycles. The molecule has 6 heteroatoms. The summed E-state index contributed by atoms with van der Waals surface area (Å²) >= 11 is 0. The Morgan fingerprint density at radius 3 is 2.43 bits per heavy atom. The molecule has 1 aromatic carbocycles. The summed E-state index contributed by atoms with van der Waals surface area (Å²) in [5.74, 6) is -1.46. The molecule has 0 aliphatic carbocycles. The molecule has 2 aliphatic rings. The molecule has 0 radical (unpaired) electrons. The van der Waals surface area contributed by atoms with Gasteiger partial charge in [0, 0.05) is 0 Å². The van der Waals surface area contributed by atoms with E-state index in [1.807, 2.05) is 0 Å². The number of nitrogens with zero attached hydrogens (tertiary/aromatic N) is 1. The molecule has 0 unspecified atom stereocenters. The van der Waals surface area contributed by atoms with Crippen LogP contribution < -0.4 is 0 Å².